The zero-order valence-electron chi connectivity index (χ0n) is 15.4. The van der Waals surface area contributed by atoms with Crippen molar-refractivity contribution in [2.24, 2.45) is 5.92 Å². The van der Waals surface area contributed by atoms with E-state index < -0.39 is 17.9 Å². The number of carbonyl (C=O) groups excluding carboxylic acids is 2. The lowest BCUT2D eigenvalue weighted by Gasteiger charge is -2.23. The topological polar surface area (TPSA) is 130 Å². The Morgan fingerprint density at radius 2 is 1.93 bits per heavy atom. The van der Waals surface area contributed by atoms with Gasteiger partial charge in [-0.15, -0.1) is 0 Å². The minimum atomic E-state index is -0.679. The molecule has 9 heteroatoms. The van der Waals surface area contributed by atoms with Crippen LogP contribution in [0.5, 0.6) is 0 Å². The predicted octanol–water partition coefficient (Wildman–Crippen LogP) is 0.825. The standard InChI is InChI=1S/C18H25N3O6/c1-3-26-12-27-11-16(8-15(10-25-2)18(23)21-24)20-17(22)14-6-4-13(9-19)5-7-14/h4-7,15-16,24H,3,8,10-12H2,1-2H3,(H,20,22)(H,21,23). The number of methoxy groups -OCH3 is 1. The normalized spacial score (nSPS) is 12.7. The van der Waals surface area contributed by atoms with Gasteiger partial charge in [0.1, 0.15) is 6.79 Å². The van der Waals surface area contributed by atoms with E-state index in [1.807, 2.05) is 13.0 Å². The van der Waals surface area contributed by atoms with E-state index in [0.29, 0.717) is 17.7 Å². The van der Waals surface area contributed by atoms with Crippen molar-refractivity contribution < 1.29 is 29.0 Å². The monoisotopic (exact) mass is 379 g/mol. The molecule has 0 spiro atoms. The van der Waals surface area contributed by atoms with E-state index in [0.717, 1.165) is 0 Å². The van der Waals surface area contributed by atoms with E-state index in [9.17, 15) is 9.59 Å². The molecule has 0 saturated carbocycles. The maximum absolute atomic E-state index is 12.5. The number of nitriles is 1. The van der Waals surface area contributed by atoms with E-state index in [-0.39, 0.29) is 32.3 Å². The Morgan fingerprint density at radius 1 is 1.22 bits per heavy atom. The van der Waals surface area contributed by atoms with Crippen molar-refractivity contribution in [3.63, 3.8) is 0 Å². The number of rotatable bonds is 12. The molecule has 0 aromatic heterocycles. The molecule has 1 rings (SSSR count). The summed E-state index contributed by atoms with van der Waals surface area (Å²) in [5, 5.41) is 20.5. The van der Waals surface area contributed by atoms with Crippen molar-refractivity contribution in [1.82, 2.24) is 10.8 Å². The van der Waals surface area contributed by atoms with Crippen molar-refractivity contribution in [3.8, 4) is 6.07 Å². The number of hydrogen-bond acceptors (Lipinski definition) is 7. The molecule has 2 amide bonds. The zero-order chi connectivity index (χ0) is 20.1. The number of hydroxylamine groups is 1. The highest BCUT2D eigenvalue weighted by molar-refractivity contribution is 5.94. The molecule has 2 atom stereocenters. The third-order valence-corrected chi connectivity index (χ3v) is 3.72. The molecule has 9 nitrogen and oxygen atoms in total. The number of hydrogen-bond donors (Lipinski definition) is 3. The quantitative estimate of drug-likeness (QED) is 0.212. The highest BCUT2D eigenvalue weighted by Crippen LogP contribution is 2.11. The first-order chi connectivity index (χ1) is 13.0. The molecule has 1 aromatic carbocycles. The van der Waals surface area contributed by atoms with Crippen LogP contribution >= 0.6 is 0 Å². The van der Waals surface area contributed by atoms with Crippen LogP contribution in [-0.2, 0) is 19.0 Å². The minimum absolute atomic E-state index is 0.0564. The highest BCUT2D eigenvalue weighted by Gasteiger charge is 2.24. The van der Waals surface area contributed by atoms with Gasteiger partial charge in [-0.05, 0) is 37.6 Å². The van der Waals surface area contributed by atoms with Gasteiger partial charge in [0, 0.05) is 19.3 Å². The van der Waals surface area contributed by atoms with Gasteiger partial charge in [0.25, 0.3) is 5.91 Å². The molecule has 0 aliphatic heterocycles. The minimum Gasteiger partial charge on any atom is -0.384 e. The smallest absolute Gasteiger partial charge is 0.251 e. The van der Waals surface area contributed by atoms with Gasteiger partial charge < -0.3 is 19.5 Å². The molecular formula is C18H25N3O6. The summed E-state index contributed by atoms with van der Waals surface area (Å²) in [6, 6.07) is 7.63. The van der Waals surface area contributed by atoms with E-state index in [1.165, 1.54) is 7.11 Å². The van der Waals surface area contributed by atoms with Crippen molar-refractivity contribution in [3.05, 3.63) is 35.4 Å². The van der Waals surface area contributed by atoms with Crippen LogP contribution in [0.2, 0.25) is 0 Å². The number of amides is 2. The Bertz CT molecular complexity index is 629. The van der Waals surface area contributed by atoms with Gasteiger partial charge in [-0.2, -0.15) is 5.26 Å². The summed E-state index contributed by atoms with van der Waals surface area (Å²) in [7, 11) is 1.44. The molecule has 0 fully saturated rings. The van der Waals surface area contributed by atoms with Crippen LogP contribution in [0.25, 0.3) is 0 Å². The second-order valence-corrected chi connectivity index (χ2v) is 5.71. The Labute approximate surface area is 158 Å². The molecule has 0 aliphatic rings. The molecule has 148 valence electrons. The maximum atomic E-state index is 12.5. The van der Waals surface area contributed by atoms with Crippen molar-refractivity contribution >= 4 is 11.8 Å². The third kappa shape index (κ3) is 8.15. The van der Waals surface area contributed by atoms with Gasteiger partial charge in [0.2, 0.25) is 5.91 Å². The molecule has 3 N–H and O–H groups in total. The summed E-state index contributed by atoms with van der Waals surface area (Å²) in [4.78, 5) is 24.3. The average Bonchev–Trinajstić information content (AvgIpc) is 2.70. The number of carbonyl (C=O) groups is 2. The van der Waals surface area contributed by atoms with Crippen LogP contribution in [0, 0.1) is 17.2 Å². The predicted molar refractivity (Wildman–Crippen MR) is 94.8 cm³/mol. The van der Waals surface area contributed by atoms with E-state index in [2.05, 4.69) is 5.32 Å². The van der Waals surface area contributed by atoms with Crippen molar-refractivity contribution in [2.45, 2.75) is 19.4 Å². The fraction of sp³-hybridized carbons (Fsp3) is 0.500. The van der Waals surface area contributed by atoms with E-state index in [1.54, 1.807) is 29.7 Å². The third-order valence-electron chi connectivity index (χ3n) is 3.72. The Kier molecular flexibility index (Phi) is 10.7. The molecule has 0 bridgehead atoms. The summed E-state index contributed by atoms with van der Waals surface area (Å²) in [6.45, 7) is 2.55. The summed E-state index contributed by atoms with van der Waals surface area (Å²) < 4.78 is 15.5. The first kappa shape index (κ1) is 22.5. The molecule has 2 unspecified atom stereocenters. The first-order valence-electron chi connectivity index (χ1n) is 8.45. The average molecular weight is 379 g/mol. The summed E-state index contributed by atoms with van der Waals surface area (Å²) in [6.07, 6.45) is 0.189. The number of ether oxygens (including phenoxy) is 3. The van der Waals surface area contributed by atoms with E-state index in [4.69, 9.17) is 24.7 Å². The molecule has 0 aliphatic carbocycles. The second kappa shape index (κ2) is 12.8. The Morgan fingerprint density at radius 3 is 2.48 bits per heavy atom. The van der Waals surface area contributed by atoms with Crippen LogP contribution < -0.4 is 10.8 Å². The van der Waals surface area contributed by atoms with Crippen molar-refractivity contribution in [1.29, 1.82) is 5.26 Å². The largest absolute Gasteiger partial charge is 0.384 e. The summed E-state index contributed by atoms with van der Waals surface area (Å²) in [5.74, 6) is -1.66. The fourth-order valence-electron chi connectivity index (χ4n) is 2.35. The first-order valence-corrected chi connectivity index (χ1v) is 8.45. The molecule has 0 saturated heterocycles. The molecule has 1 aromatic rings. The van der Waals surface area contributed by atoms with Crippen LogP contribution in [0.4, 0.5) is 0 Å². The zero-order valence-corrected chi connectivity index (χ0v) is 15.4. The van der Waals surface area contributed by atoms with Gasteiger partial charge in [-0.25, -0.2) is 5.48 Å². The van der Waals surface area contributed by atoms with Crippen LogP contribution in [-0.4, -0.2) is 56.8 Å². The Balaban J connectivity index is 2.80. The molecule has 27 heavy (non-hydrogen) atoms. The SMILES string of the molecule is CCOCOCC(CC(COC)C(=O)NO)NC(=O)c1ccc(C#N)cc1. The number of nitrogens with zero attached hydrogens (tertiary/aromatic N) is 1. The lowest BCUT2D eigenvalue weighted by atomic mass is 9.99. The highest BCUT2D eigenvalue weighted by atomic mass is 16.7. The number of benzene rings is 1. The fourth-order valence-corrected chi connectivity index (χ4v) is 2.35. The number of nitrogens with one attached hydrogen (secondary N) is 2. The second-order valence-electron chi connectivity index (χ2n) is 5.71. The maximum Gasteiger partial charge on any atom is 0.251 e. The van der Waals surface area contributed by atoms with Gasteiger partial charge in [0.05, 0.1) is 36.8 Å². The molecular weight excluding hydrogens is 354 g/mol. The summed E-state index contributed by atoms with van der Waals surface area (Å²) in [5.41, 5.74) is 2.42. The van der Waals surface area contributed by atoms with Crippen molar-refractivity contribution in [2.75, 3.05) is 33.7 Å². The van der Waals surface area contributed by atoms with Gasteiger partial charge >= 0.3 is 0 Å². The van der Waals surface area contributed by atoms with Crippen LogP contribution in [0.15, 0.2) is 24.3 Å². The molecule has 0 heterocycles. The van der Waals surface area contributed by atoms with Crippen LogP contribution in [0.1, 0.15) is 29.3 Å². The van der Waals surface area contributed by atoms with Gasteiger partial charge in [-0.1, -0.05) is 0 Å². The van der Waals surface area contributed by atoms with Gasteiger partial charge in [0.15, 0.2) is 0 Å². The van der Waals surface area contributed by atoms with E-state index >= 15 is 0 Å². The van der Waals surface area contributed by atoms with Gasteiger partial charge in [-0.3, -0.25) is 14.8 Å². The summed E-state index contributed by atoms with van der Waals surface area (Å²) >= 11 is 0. The molecule has 0 radical (unpaired) electrons. The lowest BCUT2D eigenvalue weighted by Crippen LogP contribution is -2.43. The lowest BCUT2D eigenvalue weighted by molar-refractivity contribution is -0.135. The Hall–Kier alpha value is -2.51. The van der Waals surface area contributed by atoms with Crippen LogP contribution in [0.3, 0.4) is 0 Å².